The van der Waals surface area contributed by atoms with E-state index < -0.39 is 91.6 Å². The molecule has 30 heavy (non-hydrogen) atoms. The highest BCUT2D eigenvalue weighted by molar-refractivity contribution is 7.47. The van der Waals surface area contributed by atoms with Crippen molar-refractivity contribution in [3.05, 3.63) is 0 Å². The van der Waals surface area contributed by atoms with Crippen molar-refractivity contribution >= 4 is 15.6 Å². The van der Waals surface area contributed by atoms with Gasteiger partial charge in [0.05, 0.1) is 33.0 Å². The molecule has 9 N–H and O–H groups in total. The standard InChI is InChI=1S/C12H26O16P2/c13-1-6(15)3-25-30(22,23)26-5-7(4-24-29(19,20)21)27-12-11(18)10(17)9(16)8(2-14)28-12/h6-18H,1-5H2,(H,22,23)(H2,19,20,21)/t6?,7?,8-,9-,10+,11-,12+/m1/s1. The zero-order valence-corrected chi connectivity index (χ0v) is 17.1. The first-order valence-electron chi connectivity index (χ1n) is 8.36. The monoisotopic (exact) mass is 488 g/mol. The first-order chi connectivity index (χ1) is 13.8. The average molecular weight is 488 g/mol. The third kappa shape index (κ3) is 9.58. The van der Waals surface area contributed by atoms with Gasteiger partial charge in [-0.25, -0.2) is 9.13 Å². The molecule has 0 aromatic rings. The number of rotatable bonds is 13. The number of hydrogen-bond donors (Lipinski definition) is 9. The van der Waals surface area contributed by atoms with Crippen LogP contribution in [-0.4, -0.2) is 121 Å². The Hall–Kier alpha value is -0.100. The molecule has 0 radical (unpaired) electrons. The van der Waals surface area contributed by atoms with E-state index in [4.69, 9.17) is 34.6 Å². The summed E-state index contributed by atoms with van der Waals surface area (Å²) in [5.41, 5.74) is 0. The Morgan fingerprint density at radius 1 is 0.867 bits per heavy atom. The van der Waals surface area contributed by atoms with Crippen molar-refractivity contribution in [3.63, 3.8) is 0 Å². The van der Waals surface area contributed by atoms with E-state index in [0.29, 0.717) is 0 Å². The summed E-state index contributed by atoms with van der Waals surface area (Å²) in [6.07, 6.45) is -11.6. The van der Waals surface area contributed by atoms with Gasteiger partial charge >= 0.3 is 15.6 Å². The molecule has 180 valence electrons. The molecule has 0 saturated carbocycles. The second-order valence-corrected chi connectivity index (χ2v) is 8.83. The summed E-state index contributed by atoms with van der Waals surface area (Å²) in [5.74, 6) is 0. The van der Waals surface area contributed by atoms with Crippen LogP contribution in [0.1, 0.15) is 0 Å². The highest BCUT2D eigenvalue weighted by Gasteiger charge is 2.45. The van der Waals surface area contributed by atoms with Crippen LogP contribution in [0.25, 0.3) is 0 Å². The molecule has 1 saturated heterocycles. The molecule has 0 bridgehead atoms. The lowest BCUT2D eigenvalue weighted by Gasteiger charge is -2.40. The van der Waals surface area contributed by atoms with E-state index in [1.54, 1.807) is 0 Å². The van der Waals surface area contributed by atoms with Crippen LogP contribution in [0.5, 0.6) is 0 Å². The van der Waals surface area contributed by atoms with E-state index in [-0.39, 0.29) is 0 Å². The third-order valence-corrected chi connectivity index (χ3v) is 5.10. The van der Waals surface area contributed by atoms with E-state index in [1.165, 1.54) is 0 Å². The fourth-order valence-corrected chi connectivity index (χ4v) is 3.27. The van der Waals surface area contributed by atoms with Crippen molar-refractivity contribution in [3.8, 4) is 0 Å². The molecule has 0 aliphatic carbocycles. The first-order valence-corrected chi connectivity index (χ1v) is 11.4. The van der Waals surface area contributed by atoms with Gasteiger partial charge in [0, 0.05) is 0 Å². The number of phosphoric acid groups is 2. The summed E-state index contributed by atoms with van der Waals surface area (Å²) < 4.78 is 46.1. The molecular formula is C12H26O16P2. The van der Waals surface area contributed by atoms with Crippen LogP contribution in [0.4, 0.5) is 0 Å². The molecule has 1 fully saturated rings. The summed E-state index contributed by atoms with van der Waals surface area (Å²) >= 11 is 0. The van der Waals surface area contributed by atoms with Crippen LogP contribution in [0.3, 0.4) is 0 Å². The normalized spacial score (nSPS) is 31.8. The van der Waals surface area contributed by atoms with E-state index in [1.807, 2.05) is 0 Å². The Kier molecular flexibility index (Phi) is 11.4. The number of aliphatic hydroxyl groups excluding tert-OH is 6. The molecule has 1 rings (SSSR count). The van der Waals surface area contributed by atoms with E-state index in [9.17, 15) is 29.3 Å². The highest BCUT2D eigenvalue weighted by atomic mass is 31.2. The predicted molar refractivity (Wildman–Crippen MR) is 91.5 cm³/mol. The smallest absolute Gasteiger partial charge is 0.394 e. The van der Waals surface area contributed by atoms with E-state index in [2.05, 4.69) is 13.6 Å². The Bertz CT molecular complexity index is 597. The fraction of sp³-hybridized carbons (Fsp3) is 1.00. The topological polar surface area (TPSA) is 262 Å². The minimum atomic E-state index is -5.01. The third-order valence-electron chi connectivity index (χ3n) is 3.67. The van der Waals surface area contributed by atoms with Crippen molar-refractivity contribution in [1.82, 2.24) is 0 Å². The van der Waals surface area contributed by atoms with E-state index in [0.717, 1.165) is 0 Å². The van der Waals surface area contributed by atoms with Crippen LogP contribution < -0.4 is 0 Å². The molecule has 0 aromatic heterocycles. The van der Waals surface area contributed by atoms with Gasteiger partial charge in [-0.15, -0.1) is 0 Å². The number of phosphoric ester groups is 2. The van der Waals surface area contributed by atoms with Crippen LogP contribution >= 0.6 is 15.6 Å². The Labute approximate surface area is 170 Å². The molecule has 16 nitrogen and oxygen atoms in total. The lowest BCUT2D eigenvalue weighted by molar-refractivity contribution is -0.314. The fourth-order valence-electron chi connectivity index (χ4n) is 2.12. The van der Waals surface area contributed by atoms with E-state index >= 15 is 0 Å². The number of ether oxygens (including phenoxy) is 2. The number of hydrogen-bond acceptors (Lipinski definition) is 13. The maximum atomic E-state index is 11.8. The van der Waals surface area contributed by atoms with Gasteiger partial charge in [-0.2, -0.15) is 0 Å². The summed E-state index contributed by atoms with van der Waals surface area (Å²) in [6, 6.07) is 0. The average Bonchev–Trinajstić information content (AvgIpc) is 2.67. The van der Waals surface area contributed by atoms with Gasteiger partial charge in [-0.1, -0.05) is 0 Å². The SMILES string of the molecule is O=P(O)(O)OCC(COP(=O)(O)OCC(O)CO)O[C@H]1O[C@H](CO)[C@@H](O)[C@H](O)[C@H]1O. The first kappa shape index (κ1) is 27.9. The largest absolute Gasteiger partial charge is 0.472 e. The Balaban J connectivity index is 2.80. The molecule has 8 atom stereocenters. The van der Waals surface area contributed by atoms with Crippen molar-refractivity contribution < 1.29 is 77.5 Å². The zero-order chi connectivity index (χ0) is 23.1. The molecule has 1 heterocycles. The molecule has 0 aromatic carbocycles. The molecule has 0 amide bonds. The van der Waals surface area contributed by atoms with Gasteiger partial charge in [-0.05, 0) is 0 Å². The molecule has 1 aliphatic rings. The molecule has 1 aliphatic heterocycles. The second-order valence-electron chi connectivity index (χ2n) is 6.14. The van der Waals surface area contributed by atoms with Gasteiger partial charge in [0.2, 0.25) is 0 Å². The zero-order valence-electron chi connectivity index (χ0n) is 15.4. The lowest BCUT2D eigenvalue weighted by atomic mass is 9.99. The summed E-state index contributed by atoms with van der Waals surface area (Å²) in [6.45, 7) is -4.19. The quantitative estimate of drug-likeness (QED) is 0.111. The van der Waals surface area contributed by atoms with Gasteiger partial charge in [0.25, 0.3) is 0 Å². The lowest BCUT2D eigenvalue weighted by Crippen LogP contribution is -2.60. The van der Waals surface area contributed by atoms with Crippen LogP contribution in [-0.2, 0) is 32.2 Å². The van der Waals surface area contributed by atoms with Crippen LogP contribution in [0.15, 0.2) is 0 Å². The van der Waals surface area contributed by atoms with Gasteiger partial charge in [0.1, 0.15) is 36.6 Å². The molecule has 0 spiro atoms. The summed E-state index contributed by atoms with van der Waals surface area (Å²) in [7, 11) is -9.83. The maximum absolute atomic E-state index is 11.8. The number of aliphatic hydroxyl groups is 6. The van der Waals surface area contributed by atoms with Crippen molar-refractivity contribution in [2.24, 2.45) is 0 Å². The minimum Gasteiger partial charge on any atom is -0.394 e. The summed E-state index contributed by atoms with van der Waals surface area (Å²) in [4.78, 5) is 27.1. The minimum absolute atomic E-state index is 0.765. The van der Waals surface area contributed by atoms with Gasteiger partial charge in [-0.3, -0.25) is 13.6 Å². The van der Waals surface area contributed by atoms with Crippen LogP contribution in [0.2, 0.25) is 0 Å². The Morgan fingerprint density at radius 3 is 1.97 bits per heavy atom. The van der Waals surface area contributed by atoms with Gasteiger partial charge < -0.3 is 54.8 Å². The van der Waals surface area contributed by atoms with Gasteiger partial charge in [0.15, 0.2) is 6.29 Å². The molecule has 3 unspecified atom stereocenters. The molecular weight excluding hydrogens is 462 g/mol. The van der Waals surface area contributed by atoms with Crippen molar-refractivity contribution in [2.45, 2.75) is 42.9 Å². The Morgan fingerprint density at radius 2 is 1.43 bits per heavy atom. The van der Waals surface area contributed by atoms with Crippen molar-refractivity contribution in [2.75, 3.05) is 33.0 Å². The summed E-state index contributed by atoms with van der Waals surface area (Å²) in [5, 5.41) is 56.3. The second kappa shape index (κ2) is 12.2. The highest BCUT2D eigenvalue weighted by Crippen LogP contribution is 2.44. The van der Waals surface area contributed by atoms with Crippen molar-refractivity contribution in [1.29, 1.82) is 0 Å². The predicted octanol–water partition coefficient (Wildman–Crippen LogP) is -4.23. The maximum Gasteiger partial charge on any atom is 0.472 e. The molecule has 18 heteroatoms. The van der Waals surface area contributed by atoms with Crippen LogP contribution in [0, 0.1) is 0 Å².